The Labute approximate surface area is 329 Å². The summed E-state index contributed by atoms with van der Waals surface area (Å²) in [4.78, 5) is 16.0. The number of nitrogens with one attached hydrogen (secondary N) is 1. The van der Waals surface area contributed by atoms with Crippen LogP contribution in [-0.4, -0.2) is 86.3 Å². The Morgan fingerprint density at radius 3 is 2.11 bits per heavy atom. The maximum atomic E-state index is 12.0. The Morgan fingerprint density at radius 2 is 1.55 bits per heavy atom. The normalized spacial score (nSPS) is 16.8. The monoisotopic (exact) mass is 794 g/mol. The number of hydrogen-bond acceptors (Lipinski definition) is 8. The van der Waals surface area contributed by atoms with Crippen LogP contribution in [0.15, 0.2) is 82.3 Å². The van der Waals surface area contributed by atoms with Gasteiger partial charge in [-0.25, -0.2) is 8.42 Å². The van der Waals surface area contributed by atoms with Crippen LogP contribution < -0.4 is 10.2 Å². The van der Waals surface area contributed by atoms with Crippen molar-refractivity contribution in [3.63, 3.8) is 0 Å². The van der Waals surface area contributed by atoms with Gasteiger partial charge in [-0.3, -0.25) is 9.35 Å². The number of anilines is 1. The van der Waals surface area contributed by atoms with Gasteiger partial charge in [0.05, 0.1) is 21.8 Å². The van der Waals surface area contributed by atoms with E-state index in [1.54, 1.807) is 12.1 Å². The van der Waals surface area contributed by atoms with Crippen LogP contribution in [0, 0.1) is 12.3 Å². The number of amides is 1. The van der Waals surface area contributed by atoms with Crippen LogP contribution in [0.2, 0.25) is 0 Å². The molecule has 0 aliphatic carbocycles. The van der Waals surface area contributed by atoms with Crippen LogP contribution >= 0.6 is 0 Å². The highest BCUT2D eigenvalue weighted by atomic mass is 32.2. The van der Waals surface area contributed by atoms with Crippen molar-refractivity contribution in [3.8, 4) is 12.3 Å². The number of allylic oxidation sites excluding steroid dienone is 6. The molecule has 4 rings (SSSR count). The Kier molecular flexibility index (Phi) is 15.8. The first kappa shape index (κ1) is 45.3. The Morgan fingerprint density at radius 1 is 0.909 bits per heavy atom. The Balaban J connectivity index is 0.00000106. The highest BCUT2D eigenvalue weighted by molar-refractivity contribution is 7.86. The molecule has 2 aromatic rings. The van der Waals surface area contributed by atoms with E-state index in [9.17, 15) is 30.7 Å². The molecule has 0 spiro atoms. The van der Waals surface area contributed by atoms with Crippen molar-refractivity contribution in [1.29, 1.82) is 0 Å². The largest absolute Gasteiger partial charge is 0.744 e. The van der Waals surface area contributed by atoms with Crippen molar-refractivity contribution < 1.29 is 35.3 Å². The average Bonchev–Trinajstić information content (AvgIpc) is 3.48. The van der Waals surface area contributed by atoms with Crippen molar-refractivity contribution in [2.75, 3.05) is 44.2 Å². The molecular weight excluding hydrogens is 737 g/mol. The molecule has 2 heterocycles. The number of nitrogens with zero attached hydrogens (tertiary/aromatic N) is 3. The molecule has 2 aliphatic heterocycles. The second kappa shape index (κ2) is 19.2. The lowest BCUT2D eigenvalue weighted by atomic mass is 9.81. The van der Waals surface area contributed by atoms with Crippen LogP contribution in [0.4, 0.5) is 11.4 Å². The molecular formula is C42H58N4O7S2. The molecule has 0 saturated heterocycles. The summed E-state index contributed by atoms with van der Waals surface area (Å²) in [5.74, 6) is 2.31. The summed E-state index contributed by atoms with van der Waals surface area (Å²) in [5.41, 5.74) is 4.04. The highest BCUT2D eigenvalue weighted by Crippen LogP contribution is 2.48. The van der Waals surface area contributed by atoms with Crippen molar-refractivity contribution in [1.82, 2.24) is 10.2 Å². The minimum absolute atomic E-state index is 0.0811. The highest BCUT2D eigenvalue weighted by Gasteiger charge is 2.45. The third-order valence-corrected chi connectivity index (χ3v) is 12.1. The van der Waals surface area contributed by atoms with E-state index in [0.29, 0.717) is 25.9 Å². The van der Waals surface area contributed by atoms with Gasteiger partial charge in [0.15, 0.2) is 5.71 Å². The maximum absolute atomic E-state index is 12.0. The summed E-state index contributed by atoms with van der Waals surface area (Å²) >= 11 is 0. The number of hydrogen-bond donors (Lipinski definition) is 2. The lowest BCUT2D eigenvalue weighted by Gasteiger charge is -2.25. The number of rotatable bonds is 16. The van der Waals surface area contributed by atoms with Crippen LogP contribution in [0.5, 0.6) is 0 Å². The van der Waals surface area contributed by atoms with E-state index in [1.807, 2.05) is 65.0 Å². The molecule has 0 atom stereocenters. The number of unbranched alkanes of at least 4 members (excludes halogenated alkanes) is 2. The summed E-state index contributed by atoms with van der Waals surface area (Å²) in [7, 11) is -8.98. The standard InChI is InChI=1S/C36H43N3O7S2.C6H15N/c1-7-22-37-34(40)17-13-10-14-23-39-31-21-19-27(48(44,45)46)25-29(31)36(5,6)33(39)16-12-9-11-15-32-35(3,4)28-24-26(47(41,42)43)18-20-30(28)38(32)8-2;1-4-7(5-2)6-3/h1,9,11-12,15-16,18-21,24-25H,8,10,13-14,17,22-23H2,2-6H3,(H2-,37,40,41,42,43,44,45,46);4-6H2,1-3H3. The van der Waals surface area contributed by atoms with Crippen LogP contribution in [0.3, 0.4) is 0 Å². The van der Waals surface area contributed by atoms with Gasteiger partial charge in [-0.05, 0) is 95.2 Å². The fourth-order valence-electron chi connectivity index (χ4n) is 7.21. The number of carbonyl (C=O) groups excluding carboxylic acids is 1. The Bertz CT molecular complexity index is 2080. The van der Waals surface area contributed by atoms with Gasteiger partial charge in [0.2, 0.25) is 11.6 Å². The van der Waals surface area contributed by atoms with Gasteiger partial charge < -0.3 is 19.7 Å². The number of terminal acetylenes is 1. The first-order valence-electron chi connectivity index (χ1n) is 18.9. The molecule has 0 bridgehead atoms. The predicted octanol–water partition coefficient (Wildman–Crippen LogP) is 6.69. The van der Waals surface area contributed by atoms with Crippen molar-refractivity contribution >= 4 is 43.2 Å². The predicted molar refractivity (Wildman–Crippen MR) is 220 cm³/mol. The first-order valence-corrected chi connectivity index (χ1v) is 21.8. The third kappa shape index (κ3) is 11.0. The topological polar surface area (TPSA) is 150 Å². The number of carbonyl (C=O) groups is 1. The van der Waals surface area contributed by atoms with Crippen molar-refractivity contribution in [3.05, 3.63) is 83.6 Å². The van der Waals surface area contributed by atoms with E-state index in [1.165, 1.54) is 43.9 Å². The lowest BCUT2D eigenvalue weighted by Crippen LogP contribution is -2.28. The van der Waals surface area contributed by atoms with Crippen LogP contribution in [0.1, 0.15) is 92.2 Å². The zero-order valence-electron chi connectivity index (χ0n) is 33.6. The summed E-state index contributed by atoms with van der Waals surface area (Å²) in [6.45, 7) is 21.6. The van der Waals surface area contributed by atoms with Gasteiger partial charge in [-0.15, -0.1) is 6.42 Å². The van der Waals surface area contributed by atoms with Gasteiger partial charge in [0, 0.05) is 53.9 Å². The van der Waals surface area contributed by atoms with E-state index >= 15 is 0 Å². The van der Waals surface area contributed by atoms with Crippen LogP contribution in [-0.2, 0) is 35.9 Å². The van der Waals surface area contributed by atoms with E-state index in [4.69, 9.17) is 6.42 Å². The van der Waals surface area contributed by atoms with Crippen molar-refractivity contribution in [2.24, 2.45) is 0 Å². The zero-order valence-corrected chi connectivity index (χ0v) is 35.2. The molecule has 0 unspecified atom stereocenters. The second-order valence-corrected chi connectivity index (χ2v) is 17.3. The molecule has 2 aliphatic rings. The number of benzene rings is 2. The summed E-state index contributed by atoms with van der Waals surface area (Å²) in [6.07, 6.45) is 17.6. The molecule has 13 heteroatoms. The summed E-state index contributed by atoms with van der Waals surface area (Å²) in [6, 6.07) is 9.15. The number of likely N-dealkylation sites (N-methyl/N-ethyl adjacent to an activating group) is 1. The van der Waals surface area contributed by atoms with Gasteiger partial charge in [0.1, 0.15) is 16.7 Å². The molecule has 0 aromatic heterocycles. The maximum Gasteiger partial charge on any atom is 0.294 e. The third-order valence-electron chi connectivity index (χ3n) is 10.4. The second-order valence-electron chi connectivity index (χ2n) is 14.5. The van der Waals surface area contributed by atoms with Gasteiger partial charge >= 0.3 is 0 Å². The quantitative estimate of drug-likeness (QED) is 0.0624. The minimum Gasteiger partial charge on any atom is -0.744 e. The van der Waals surface area contributed by atoms with E-state index in [-0.39, 0.29) is 22.2 Å². The van der Waals surface area contributed by atoms with Gasteiger partial charge in [-0.2, -0.15) is 13.0 Å². The molecule has 300 valence electrons. The fraction of sp³-hybridized carbons (Fsp3) is 0.476. The molecule has 2 N–H and O–H groups in total. The van der Waals surface area contributed by atoms with Gasteiger partial charge in [-0.1, -0.05) is 58.8 Å². The molecule has 55 heavy (non-hydrogen) atoms. The summed E-state index contributed by atoms with van der Waals surface area (Å²) < 4.78 is 70.9. The lowest BCUT2D eigenvalue weighted by molar-refractivity contribution is -0.438. The molecule has 1 amide bonds. The van der Waals surface area contributed by atoms with Crippen molar-refractivity contribution in [2.45, 2.75) is 102 Å². The van der Waals surface area contributed by atoms with Gasteiger partial charge in [0.25, 0.3) is 10.1 Å². The van der Waals surface area contributed by atoms with Crippen LogP contribution in [0.25, 0.3) is 0 Å². The minimum atomic E-state index is -4.59. The number of fused-ring (bicyclic) bond motifs is 2. The fourth-order valence-corrected chi connectivity index (χ4v) is 8.21. The van der Waals surface area contributed by atoms with E-state index in [2.05, 4.69) is 46.4 Å². The average molecular weight is 795 g/mol. The molecule has 11 nitrogen and oxygen atoms in total. The Hall–Kier alpha value is -4.06. The molecule has 2 aromatic carbocycles. The molecule has 0 fully saturated rings. The molecule has 0 radical (unpaired) electrons. The molecule has 0 saturated carbocycles. The smallest absolute Gasteiger partial charge is 0.294 e. The van der Waals surface area contributed by atoms with E-state index < -0.39 is 31.1 Å². The van der Waals surface area contributed by atoms with E-state index in [0.717, 1.165) is 46.8 Å². The zero-order chi connectivity index (χ0) is 41.2. The SMILES string of the molecule is C#CCNC(=O)CCCCC[N+]1=C(/C=C/C=C/C=C2\N(CC)c3ccc(S(=O)(=O)[O-])cc3C2(C)C)C(C)(C)c2cc(S(=O)(=O)O)ccc21.CCN(CC)CC. The summed E-state index contributed by atoms with van der Waals surface area (Å²) in [5, 5.41) is 2.67. The first-order chi connectivity index (χ1) is 25.8.